The summed E-state index contributed by atoms with van der Waals surface area (Å²) < 4.78 is 5.85. The van der Waals surface area contributed by atoms with Gasteiger partial charge in [-0.1, -0.05) is 26.7 Å². The molecule has 1 fully saturated rings. The maximum atomic E-state index is 11.8. The van der Waals surface area contributed by atoms with Crippen LogP contribution in [0.3, 0.4) is 0 Å². The summed E-state index contributed by atoms with van der Waals surface area (Å²) in [6, 6.07) is 0. The number of unbranched alkanes of at least 4 members (excludes halogenated alkanes) is 3. The van der Waals surface area contributed by atoms with Gasteiger partial charge in [0.05, 0.1) is 6.10 Å². The number of halogens is 1. The molecule has 0 bridgehead atoms. The molecule has 0 spiro atoms. The van der Waals surface area contributed by atoms with Gasteiger partial charge in [-0.3, -0.25) is 4.79 Å². The molecule has 1 aliphatic rings. The predicted octanol–water partition coefficient (Wildman–Crippen LogP) is 2.88. The molecule has 0 radical (unpaired) electrons. The van der Waals surface area contributed by atoms with Gasteiger partial charge in [-0.05, 0) is 38.1 Å². The molecular weight excluding hydrogens is 288 g/mol. The van der Waals surface area contributed by atoms with E-state index in [1.807, 2.05) is 0 Å². The minimum absolute atomic E-state index is 0. The smallest absolute Gasteiger partial charge is 0.220 e. The number of hydrogen-bond donors (Lipinski definition) is 2. The van der Waals surface area contributed by atoms with Crippen LogP contribution < -0.4 is 11.1 Å². The fourth-order valence-corrected chi connectivity index (χ4v) is 2.94. The summed E-state index contributed by atoms with van der Waals surface area (Å²) in [7, 11) is 0. The van der Waals surface area contributed by atoms with E-state index in [0.29, 0.717) is 24.4 Å². The highest BCUT2D eigenvalue weighted by Crippen LogP contribution is 2.25. The lowest BCUT2D eigenvalue weighted by atomic mass is 9.87. The second-order valence-electron chi connectivity index (χ2n) is 6.24. The number of hydrogen-bond acceptors (Lipinski definition) is 3. The SMILES string of the molecule is CC(C)C1OCCCC1CNC(=O)CCCCCCN.Cl. The van der Waals surface area contributed by atoms with E-state index in [4.69, 9.17) is 10.5 Å². The molecule has 3 N–H and O–H groups in total. The third-order valence-electron chi connectivity index (χ3n) is 4.07. The molecule has 126 valence electrons. The van der Waals surface area contributed by atoms with E-state index >= 15 is 0 Å². The van der Waals surface area contributed by atoms with Crippen LogP contribution in [0.5, 0.6) is 0 Å². The molecule has 0 aromatic heterocycles. The molecule has 1 amide bonds. The average molecular weight is 321 g/mol. The van der Waals surface area contributed by atoms with Gasteiger partial charge in [0.1, 0.15) is 0 Å². The van der Waals surface area contributed by atoms with Crippen LogP contribution in [0.25, 0.3) is 0 Å². The Balaban J connectivity index is 0.00000400. The Labute approximate surface area is 136 Å². The van der Waals surface area contributed by atoms with E-state index in [9.17, 15) is 4.79 Å². The minimum Gasteiger partial charge on any atom is -0.378 e. The lowest BCUT2D eigenvalue weighted by Gasteiger charge is -2.34. The second-order valence-corrected chi connectivity index (χ2v) is 6.24. The fourth-order valence-electron chi connectivity index (χ4n) is 2.94. The van der Waals surface area contributed by atoms with E-state index < -0.39 is 0 Å². The summed E-state index contributed by atoms with van der Waals surface area (Å²) in [6.07, 6.45) is 7.50. The Morgan fingerprint density at radius 2 is 2.00 bits per heavy atom. The molecule has 0 aromatic rings. The Kier molecular flexibility index (Phi) is 12.1. The fraction of sp³-hybridized carbons (Fsp3) is 0.938. The number of nitrogens with one attached hydrogen (secondary N) is 1. The average Bonchev–Trinajstić information content (AvgIpc) is 2.45. The van der Waals surface area contributed by atoms with Crippen LogP contribution in [-0.4, -0.2) is 31.7 Å². The molecule has 2 atom stereocenters. The van der Waals surface area contributed by atoms with E-state index in [1.54, 1.807) is 0 Å². The summed E-state index contributed by atoms with van der Waals surface area (Å²) in [6.45, 7) is 6.79. The van der Waals surface area contributed by atoms with Gasteiger partial charge in [0.15, 0.2) is 0 Å². The van der Waals surface area contributed by atoms with E-state index in [2.05, 4.69) is 19.2 Å². The maximum Gasteiger partial charge on any atom is 0.220 e. The number of nitrogens with two attached hydrogens (primary N) is 1. The van der Waals surface area contributed by atoms with Gasteiger partial charge in [-0.2, -0.15) is 0 Å². The minimum atomic E-state index is 0. The highest BCUT2D eigenvalue weighted by atomic mass is 35.5. The first-order valence-electron chi connectivity index (χ1n) is 8.23. The lowest BCUT2D eigenvalue weighted by molar-refractivity contribution is -0.122. The van der Waals surface area contributed by atoms with Crippen LogP contribution in [0.15, 0.2) is 0 Å². The van der Waals surface area contributed by atoms with Gasteiger partial charge < -0.3 is 15.8 Å². The second kappa shape index (κ2) is 12.2. The summed E-state index contributed by atoms with van der Waals surface area (Å²) in [5, 5.41) is 3.08. The van der Waals surface area contributed by atoms with Crippen molar-refractivity contribution in [3.8, 4) is 0 Å². The van der Waals surface area contributed by atoms with Gasteiger partial charge in [-0.15, -0.1) is 12.4 Å². The lowest BCUT2D eigenvalue weighted by Crippen LogP contribution is -2.41. The van der Waals surface area contributed by atoms with E-state index in [0.717, 1.165) is 51.8 Å². The molecule has 5 heteroatoms. The molecule has 0 saturated carbocycles. The van der Waals surface area contributed by atoms with Crippen LogP contribution in [0.4, 0.5) is 0 Å². The Hall–Kier alpha value is -0.320. The number of ether oxygens (including phenoxy) is 1. The molecule has 2 unspecified atom stereocenters. The predicted molar refractivity (Wildman–Crippen MR) is 89.7 cm³/mol. The van der Waals surface area contributed by atoms with Crippen LogP contribution in [0, 0.1) is 11.8 Å². The molecule has 1 saturated heterocycles. The molecule has 1 rings (SSSR count). The van der Waals surface area contributed by atoms with Crippen molar-refractivity contribution in [2.75, 3.05) is 19.7 Å². The van der Waals surface area contributed by atoms with Crippen molar-refractivity contribution in [3.63, 3.8) is 0 Å². The first kappa shape index (κ1) is 20.7. The standard InChI is InChI=1S/C16H32N2O2.ClH/c1-13(2)16-14(8-7-11-20-16)12-18-15(19)9-5-3-4-6-10-17;/h13-14,16H,3-12,17H2,1-2H3,(H,18,19);1H. The van der Waals surface area contributed by atoms with E-state index in [-0.39, 0.29) is 18.3 Å². The monoisotopic (exact) mass is 320 g/mol. The molecule has 4 nitrogen and oxygen atoms in total. The molecule has 0 aliphatic carbocycles. The Morgan fingerprint density at radius 3 is 2.67 bits per heavy atom. The van der Waals surface area contributed by atoms with Crippen LogP contribution >= 0.6 is 12.4 Å². The molecule has 21 heavy (non-hydrogen) atoms. The highest BCUT2D eigenvalue weighted by Gasteiger charge is 2.28. The van der Waals surface area contributed by atoms with Crippen molar-refractivity contribution in [2.45, 2.75) is 64.9 Å². The first-order chi connectivity index (χ1) is 9.65. The summed E-state index contributed by atoms with van der Waals surface area (Å²) in [5.74, 6) is 1.18. The van der Waals surface area contributed by atoms with Gasteiger partial charge >= 0.3 is 0 Å². The summed E-state index contributed by atoms with van der Waals surface area (Å²) in [4.78, 5) is 11.8. The van der Waals surface area contributed by atoms with Crippen LogP contribution in [-0.2, 0) is 9.53 Å². The molecule has 1 heterocycles. The van der Waals surface area contributed by atoms with Gasteiger partial charge in [0.2, 0.25) is 5.91 Å². The number of amides is 1. The zero-order valence-electron chi connectivity index (χ0n) is 13.6. The topological polar surface area (TPSA) is 64.3 Å². The zero-order valence-corrected chi connectivity index (χ0v) is 14.4. The number of carbonyl (C=O) groups excluding carboxylic acids is 1. The summed E-state index contributed by atoms with van der Waals surface area (Å²) >= 11 is 0. The van der Waals surface area contributed by atoms with Gasteiger partial charge in [-0.25, -0.2) is 0 Å². The Morgan fingerprint density at radius 1 is 1.29 bits per heavy atom. The third kappa shape index (κ3) is 8.64. The normalized spacial score (nSPS) is 21.9. The van der Waals surface area contributed by atoms with Crippen molar-refractivity contribution < 1.29 is 9.53 Å². The van der Waals surface area contributed by atoms with Gasteiger partial charge in [0.25, 0.3) is 0 Å². The first-order valence-corrected chi connectivity index (χ1v) is 8.23. The molecular formula is C16H33ClN2O2. The van der Waals surface area contributed by atoms with Gasteiger partial charge in [0, 0.05) is 25.5 Å². The highest BCUT2D eigenvalue weighted by molar-refractivity contribution is 5.85. The summed E-state index contributed by atoms with van der Waals surface area (Å²) in [5.41, 5.74) is 5.45. The van der Waals surface area contributed by atoms with Crippen molar-refractivity contribution >= 4 is 18.3 Å². The Bertz CT molecular complexity index is 275. The molecule has 0 aromatic carbocycles. The molecule has 1 aliphatic heterocycles. The number of carbonyl (C=O) groups is 1. The largest absolute Gasteiger partial charge is 0.378 e. The quantitative estimate of drug-likeness (QED) is 0.642. The third-order valence-corrected chi connectivity index (χ3v) is 4.07. The van der Waals surface area contributed by atoms with Crippen LogP contribution in [0.2, 0.25) is 0 Å². The van der Waals surface area contributed by atoms with Crippen molar-refractivity contribution in [2.24, 2.45) is 17.6 Å². The van der Waals surface area contributed by atoms with Crippen molar-refractivity contribution in [1.29, 1.82) is 0 Å². The maximum absolute atomic E-state index is 11.8. The number of rotatable bonds is 9. The van der Waals surface area contributed by atoms with Crippen molar-refractivity contribution in [3.05, 3.63) is 0 Å². The van der Waals surface area contributed by atoms with Crippen LogP contribution in [0.1, 0.15) is 58.8 Å². The van der Waals surface area contributed by atoms with Crippen molar-refractivity contribution in [1.82, 2.24) is 5.32 Å². The zero-order chi connectivity index (χ0) is 14.8. The van der Waals surface area contributed by atoms with E-state index in [1.165, 1.54) is 6.42 Å².